The number of ketones is 2. The van der Waals surface area contributed by atoms with Crippen molar-refractivity contribution in [2.45, 2.75) is 46.0 Å². The molecule has 3 nitrogen and oxygen atoms in total. The van der Waals surface area contributed by atoms with Gasteiger partial charge in [0.1, 0.15) is 11.5 Å². The van der Waals surface area contributed by atoms with Crippen LogP contribution in [0.3, 0.4) is 0 Å². The summed E-state index contributed by atoms with van der Waals surface area (Å²) in [7, 11) is 1.63. The number of hydrogen-bond acceptors (Lipinski definition) is 3. The Kier molecular flexibility index (Phi) is 4.26. The van der Waals surface area contributed by atoms with E-state index in [0.717, 1.165) is 36.1 Å². The molecule has 0 saturated heterocycles. The highest BCUT2D eigenvalue weighted by molar-refractivity contribution is 6.05. The highest BCUT2D eigenvalue weighted by atomic mass is 16.5. The van der Waals surface area contributed by atoms with Crippen LogP contribution in [0.2, 0.25) is 0 Å². The third-order valence-corrected chi connectivity index (χ3v) is 4.25. The minimum Gasteiger partial charge on any atom is -0.497 e. The van der Waals surface area contributed by atoms with E-state index in [2.05, 4.69) is 6.92 Å². The molecule has 2 rings (SSSR count). The molecular formula is C17H22O3. The first-order chi connectivity index (χ1) is 9.52. The van der Waals surface area contributed by atoms with Crippen molar-refractivity contribution in [3.63, 3.8) is 0 Å². The van der Waals surface area contributed by atoms with Crippen LogP contribution < -0.4 is 4.74 Å². The topological polar surface area (TPSA) is 43.4 Å². The Bertz CT molecular complexity index is 533. The molecule has 1 aromatic rings. The molecule has 108 valence electrons. The molecule has 0 radical (unpaired) electrons. The van der Waals surface area contributed by atoms with Gasteiger partial charge in [0.25, 0.3) is 0 Å². The fourth-order valence-electron chi connectivity index (χ4n) is 3.22. The quantitative estimate of drug-likeness (QED) is 0.796. The molecule has 0 heterocycles. The summed E-state index contributed by atoms with van der Waals surface area (Å²) in [6, 6.07) is 5.66. The number of rotatable bonds is 6. The van der Waals surface area contributed by atoms with Gasteiger partial charge in [-0.15, -0.1) is 0 Å². The summed E-state index contributed by atoms with van der Waals surface area (Å²) >= 11 is 0. The fraction of sp³-hybridized carbons (Fsp3) is 0.529. The number of benzene rings is 1. The molecule has 1 atom stereocenters. The van der Waals surface area contributed by atoms with Gasteiger partial charge >= 0.3 is 0 Å². The van der Waals surface area contributed by atoms with Crippen molar-refractivity contribution in [1.29, 1.82) is 0 Å². The molecule has 0 N–H and O–H groups in total. The summed E-state index contributed by atoms with van der Waals surface area (Å²) in [4.78, 5) is 24.1. The highest BCUT2D eigenvalue weighted by Crippen LogP contribution is 2.44. The summed E-state index contributed by atoms with van der Waals surface area (Å²) in [6.45, 7) is 3.68. The monoisotopic (exact) mass is 274 g/mol. The van der Waals surface area contributed by atoms with Crippen LogP contribution in [-0.2, 0) is 11.2 Å². The molecule has 1 unspecified atom stereocenters. The van der Waals surface area contributed by atoms with Crippen molar-refractivity contribution in [1.82, 2.24) is 0 Å². The maximum Gasteiger partial charge on any atom is 0.169 e. The minimum absolute atomic E-state index is 0.154. The van der Waals surface area contributed by atoms with Crippen molar-refractivity contribution in [3.8, 4) is 5.75 Å². The largest absolute Gasteiger partial charge is 0.497 e. The summed E-state index contributed by atoms with van der Waals surface area (Å²) in [5, 5.41) is 0. The van der Waals surface area contributed by atoms with Crippen LogP contribution in [-0.4, -0.2) is 18.7 Å². The second-order valence-electron chi connectivity index (χ2n) is 5.76. The molecule has 1 aromatic carbocycles. The molecule has 0 fully saturated rings. The maximum absolute atomic E-state index is 12.8. The molecule has 0 bridgehead atoms. The Morgan fingerprint density at radius 2 is 2.10 bits per heavy atom. The highest BCUT2D eigenvalue weighted by Gasteiger charge is 2.44. The minimum atomic E-state index is -0.380. The van der Waals surface area contributed by atoms with E-state index in [1.807, 2.05) is 18.2 Å². The van der Waals surface area contributed by atoms with E-state index in [0.29, 0.717) is 12.8 Å². The molecule has 0 amide bonds. The molecule has 3 heteroatoms. The van der Waals surface area contributed by atoms with E-state index in [9.17, 15) is 9.59 Å². The van der Waals surface area contributed by atoms with Crippen molar-refractivity contribution in [3.05, 3.63) is 29.3 Å². The molecule has 1 aliphatic carbocycles. The average Bonchev–Trinajstić information content (AvgIpc) is 2.70. The normalized spacial score (nSPS) is 20.9. The van der Waals surface area contributed by atoms with Gasteiger partial charge in [-0.1, -0.05) is 13.3 Å². The van der Waals surface area contributed by atoms with Gasteiger partial charge in [-0.05, 0) is 49.9 Å². The second kappa shape index (κ2) is 5.78. The van der Waals surface area contributed by atoms with Gasteiger partial charge in [0.2, 0.25) is 0 Å². The molecule has 1 aliphatic rings. The lowest BCUT2D eigenvalue weighted by Crippen LogP contribution is -2.28. The Labute approximate surface area is 120 Å². The van der Waals surface area contributed by atoms with Crippen LogP contribution >= 0.6 is 0 Å². The zero-order valence-electron chi connectivity index (χ0n) is 12.5. The van der Waals surface area contributed by atoms with Crippen molar-refractivity contribution < 1.29 is 14.3 Å². The number of Topliss-reactive ketones (excluding diaryl/α,β-unsaturated/α-hetero) is 2. The lowest BCUT2D eigenvalue weighted by Gasteiger charge is -2.26. The number of carbonyl (C=O) groups excluding carboxylic acids is 2. The van der Waals surface area contributed by atoms with Crippen LogP contribution in [0, 0.1) is 5.41 Å². The Morgan fingerprint density at radius 3 is 2.70 bits per heavy atom. The Morgan fingerprint density at radius 1 is 1.35 bits per heavy atom. The maximum atomic E-state index is 12.8. The SMILES string of the molecule is CCCC1(CCC(C)=O)Cc2cc(OC)ccc2C1=O. The van der Waals surface area contributed by atoms with Crippen LogP contribution in [0.5, 0.6) is 5.75 Å². The van der Waals surface area contributed by atoms with Gasteiger partial charge < -0.3 is 9.53 Å². The van der Waals surface area contributed by atoms with E-state index < -0.39 is 0 Å². The van der Waals surface area contributed by atoms with Crippen LogP contribution in [0.4, 0.5) is 0 Å². The number of fused-ring (bicyclic) bond motifs is 1. The fourth-order valence-corrected chi connectivity index (χ4v) is 3.22. The molecule has 20 heavy (non-hydrogen) atoms. The van der Waals surface area contributed by atoms with Gasteiger partial charge in [0.15, 0.2) is 5.78 Å². The zero-order valence-corrected chi connectivity index (χ0v) is 12.5. The van der Waals surface area contributed by atoms with Gasteiger partial charge in [0.05, 0.1) is 7.11 Å². The lowest BCUT2D eigenvalue weighted by atomic mass is 9.75. The predicted molar refractivity (Wildman–Crippen MR) is 78.3 cm³/mol. The number of hydrogen-bond donors (Lipinski definition) is 0. The molecule has 0 aromatic heterocycles. The third kappa shape index (κ3) is 2.62. The first-order valence-electron chi connectivity index (χ1n) is 7.23. The van der Waals surface area contributed by atoms with Crippen LogP contribution in [0.1, 0.15) is 55.5 Å². The first-order valence-corrected chi connectivity index (χ1v) is 7.23. The third-order valence-electron chi connectivity index (χ3n) is 4.25. The standard InChI is InChI=1S/C17H22O3/c1-4-8-17(9-7-12(2)18)11-13-10-14(20-3)5-6-15(13)16(17)19/h5-6,10H,4,7-9,11H2,1-3H3. The zero-order chi connectivity index (χ0) is 14.8. The van der Waals surface area contributed by atoms with Crippen molar-refractivity contribution >= 4 is 11.6 Å². The van der Waals surface area contributed by atoms with E-state index in [1.165, 1.54) is 0 Å². The average molecular weight is 274 g/mol. The molecule has 0 aliphatic heterocycles. The summed E-state index contributed by atoms with van der Waals surface area (Å²) in [5.74, 6) is 1.15. The summed E-state index contributed by atoms with van der Waals surface area (Å²) < 4.78 is 5.24. The molecular weight excluding hydrogens is 252 g/mol. The van der Waals surface area contributed by atoms with Crippen molar-refractivity contribution in [2.75, 3.05) is 7.11 Å². The van der Waals surface area contributed by atoms with E-state index in [4.69, 9.17) is 4.74 Å². The van der Waals surface area contributed by atoms with Crippen LogP contribution in [0.15, 0.2) is 18.2 Å². The number of carbonyl (C=O) groups is 2. The van der Waals surface area contributed by atoms with E-state index in [-0.39, 0.29) is 17.0 Å². The van der Waals surface area contributed by atoms with Gasteiger partial charge in [-0.2, -0.15) is 0 Å². The summed E-state index contributed by atoms with van der Waals surface area (Å²) in [6.07, 6.45) is 3.67. The number of methoxy groups -OCH3 is 1. The van der Waals surface area contributed by atoms with E-state index in [1.54, 1.807) is 14.0 Å². The molecule has 0 saturated carbocycles. The van der Waals surface area contributed by atoms with Crippen LogP contribution in [0.25, 0.3) is 0 Å². The Hall–Kier alpha value is -1.64. The lowest BCUT2D eigenvalue weighted by molar-refractivity contribution is -0.117. The smallest absolute Gasteiger partial charge is 0.169 e. The van der Waals surface area contributed by atoms with Gasteiger partial charge in [-0.25, -0.2) is 0 Å². The second-order valence-corrected chi connectivity index (χ2v) is 5.76. The van der Waals surface area contributed by atoms with Gasteiger partial charge in [0, 0.05) is 17.4 Å². The first kappa shape index (κ1) is 14.8. The predicted octanol–water partition coefficient (Wildman–Crippen LogP) is 3.59. The summed E-state index contributed by atoms with van der Waals surface area (Å²) in [5.41, 5.74) is 1.49. The van der Waals surface area contributed by atoms with Gasteiger partial charge in [-0.3, -0.25) is 4.79 Å². The van der Waals surface area contributed by atoms with E-state index >= 15 is 0 Å². The Balaban J connectivity index is 2.32. The van der Waals surface area contributed by atoms with Crippen molar-refractivity contribution in [2.24, 2.45) is 5.41 Å². The molecule has 0 spiro atoms. The number of ether oxygens (including phenoxy) is 1.